The summed E-state index contributed by atoms with van der Waals surface area (Å²) in [5.41, 5.74) is 0.621. The highest BCUT2D eigenvalue weighted by atomic mass is 19.1. The first-order valence-electron chi connectivity index (χ1n) is 11.8. The number of rotatable bonds is 6. The molecular weight excluding hydrogens is 470 g/mol. The van der Waals surface area contributed by atoms with Gasteiger partial charge in [0.15, 0.2) is 0 Å². The van der Waals surface area contributed by atoms with E-state index < -0.39 is 29.3 Å². The van der Waals surface area contributed by atoms with Gasteiger partial charge in [-0.15, -0.1) is 0 Å². The maximum Gasteiger partial charge on any atom is 0.411 e. The first-order valence-corrected chi connectivity index (χ1v) is 11.8. The lowest BCUT2D eigenvalue weighted by atomic mass is 9.89. The van der Waals surface area contributed by atoms with Crippen molar-refractivity contribution in [1.29, 1.82) is 0 Å². The fourth-order valence-corrected chi connectivity index (χ4v) is 4.14. The van der Waals surface area contributed by atoms with Gasteiger partial charge in [-0.2, -0.15) is 0 Å². The van der Waals surface area contributed by atoms with Crippen molar-refractivity contribution < 1.29 is 32.6 Å². The fraction of sp³-hybridized carbons (Fsp3) is 0.444. The van der Waals surface area contributed by atoms with E-state index in [2.05, 4.69) is 0 Å². The van der Waals surface area contributed by atoms with E-state index in [1.54, 1.807) is 43.9 Å². The van der Waals surface area contributed by atoms with Crippen molar-refractivity contribution >= 4 is 18.0 Å². The van der Waals surface area contributed by atoms with Gasteiger partial charge in [-0.3, -0.25) is 9.69 Å². The topological polar surface area (TPSA) is 76.2 Å². The third-order valence-electron chi connectivity index (χ3n) is 5.91. The highest BCUT2D eigenvalue weighted by Gasteiger charge is 2.30. The van der Waals surface area contributed by atoms with Crippen molar-refractivity contribution in [2.75, 3.05) is 26.7 Å². The number of methoxy groups -OCH3 is 1. The first kappa shape index (κ1) is 27.1. The number of amides is 2. The van der Waals surface area contributed by atoms with Crippen molar-refractivity contribution in [1.82, 2.24) is 9.80 Å². The summed E-state index contributed by atoms with van der Waals surface area (Å²) >= 11 is 0. The van der Waals surface area contributed by atoms with Crippen molar-refractivity contribution in [3.63, 3.8) is 0 Å². The lowest BCUT2D eigenvalue weighted by Crippen LogP contribution is -2.47. The van der Waals surface area contributed by atoms with Crippen LogP contribution < -0.4 is 0 Å². The molecule has 0 radical (unpaired) electrons. The predicted octanol–water partition coefficient (Wildman–Crippen LogP) is 4.89. The number of likely N-dealkylation sites (tertiary alicyclic amines) is 1. The second-order valence-electron chi connectivity index (χ2n) is 9.87. The average Bonchev–Trinajstić information content (AvgIpc) is 2.83. The minimum atomic E-state index is -0.819. The molecule has 7 nitrogen and oxygen atoms in total. The number of carbonyl (C=O) groups is 3. The highest BCUT2D eigenvalue weighted by molar-refractivity contribution is 5.89. The number of hydrogen-bond acceptors (Lipinski definition) is 5. The van der Waals surface area contributed by atoms with Crippen LogP contribution in [0.15, 0.2) is 42.5 Å². The zero-order valence-corrected chi connectivity index (χ0v) is 21.1. The van der Waals surface area contributed by atoms with Crippen LogP contribution in [0.2, 0.25) is 0 Å². The van der Waals surface area contributed by atoms with E-state index in [-0.39, 0.29) is 30.5 Å². The standard InChI is InChI=1S/C27H32F2N2O5/c1-27(2,3)36-26(34)31(16-21-10-11-22(28)14-23(21)29)17-24(32)30-12-6-9-20(15-30)18-7-5-8-19(13-18)25(33)35-4/h5,7-8,10-11,13-14,20H,6,9,12,15-17H2,1-4H3. The number of esters is 1. The molecule has 0 aliphatic carbocycles. The van der Waals surface area contributed by atoms with Gasteiger partial charge in [0.1, 0.15) is 23.8 Å². The molecule has 1 fully saturated rings. The maximum absolute atomic E-state index is 14.3. The van der Waals surface area contributed by atoms with Gasteiger partial charge in [0, 0.05) is 30.6 Å². The Labute approximate surface area is 210 Å². The van der Waals surface area contributed by atoms with Gasteiger partial charge in [-0.25, -0.2) is 18.4 Å². The molecule has 2 aromatic rings. The monoisotopic (exact) mass is 502 g/mol. The molecule has 0 bridgehead atoms. The average molecular weight is 503 g/mol. The van der Waals surface area contributed by atoms with Gasteiger partial charge < -0.3 is 14.4 Å². The molecule has 1 aliphatic heterocycles. The highest BCUT2D eigenvalue weighted by Crippen LogP contribution is 2.28. The summed E-state index contributed by atoms with van der Waals surface area (Å²) < 4.78 is 37.9. The largest absolute Gasteiger partial charge is 0.465 e. The summed E-state index contributed by atoms with van der Waals surface area (Å²) in [7, 11) is 1.32. The minimum Gasteiger partial charge on any atom is -0.465 e. The van der Waals surface area contributed by atoms with Crippen molar-refractivity contribution in [2.24, 2.45) is 0 Å². The fourth-order valence-electron chi connectivity index (χ4n) is 4.14. The Balaban J connectivity index is 1.75. The van der Waals surface area contributed by atoms with Crippen LogP contribution in [0.5, 0.6) is 0 Å². The van der Waals surface area contributed by atoms with Crippen molar-refractivity contribution in [3.05, 3.63) is 70.8 Å². The van der Waals surface area contributed by atoms with Crippen LogP contribution in [0.25, 0.3) is 0 Å². The molecule has 1 unspecified atom stereocenters. The number of halogens is 2. The first-order chi connectivity index (χ1) is 17.0. The molecule has 0 N–H and O–H groups in total. The molecule has 1 heterocycles. The lowest BCUT2D eigenvalue weighted by Gasteiger charge is -2.35. The second-order valence-corrected chi connectivity index (χ2v) is 9.87. The molecule has 2 amide bonds. The Morgan fingerprint density at radius 1 is 1.11 bits per heavy atom. The van der Waals surface area contributed by atoms with Gasteiger partial charge in [-0.05, 0) is 57.4 Å². The van der Waals surface area contributed by atoms with Gasteiger partial charge in [-0.1, -0.05) is 18.2 Å². The number of benzene rings is 2. The van der Waals surface area contributed by atoms with E-state index in [1.165, 1.54) is 13.2 Å². The third kappa shape index (κ3) is 7.26. The number of nitrogens with zero attached hydrogens (tertiary/aromatic N) is 2. The van der Waals surface area contributed by atoms with Crippen LogP contribution in [0.3, 0.4) is 0 Å². The quantitative estimate of drug-likeness (QED) is 0.526. The SMILES string of the molecule is COC(=O)c1cccc(C2CCCN(C(=O)CN(Cc3ccc(F)cc3F)C(=O)OC(C)(C)C)C2)c1. The number of hydrogen-bond donors (Lipinski definition) is 0. The number of carbonyl (C=O) groups excluding carboxylic acids is 3. The summed E-state index contributed by atoms with van der Waals surface area (Å²) in [6, 6.07) is 10.2. The van der Waals surface area contributed by atoms with Crippen LogP contribution in [0.1, 0.15) is 61.0 Å². The Hall–Kier alpha value is -3.49. The molecule has 194 valence electrons. The van der Waals surface area contributed by atoms with E-state index in [0.717, 1.165) is 35.4 Å². The lowest BCUT2D eigenvalue weighted by molar-refractivity contribution is -0.133. The van der Waals surface area contributed by atoms with Crippen LogP contribution in [0.4, 0.5) is 13.6 Å². The van der Waals surface area contributed by atoms with Crippen LogP contribution in [-0.4, -0.2) is 60.1 Å². The molecule has 0 saturated carbocycles. The molecule has 1 atom stereocenters. The zero-order valence-electron chi connectivity index (χ0n) is 21.1. The van der Waals surface area contributed by atoms with Crippen molar-refractivity contribution in [3.8, 4) is 0 Å². The molecule has 0 spiro atoms. The van der Waals surface area contributed by atoms with Gasteiger partial charge in [0.25, 0.3) is 0 Å². The molecule has 36 heavy (non-hydrogen) atoms. The molecule has 2 aromatic carbocycles. The Morgan fingerprint density at radius 2 is 1.86 bits per heavy atom. The smallest absolute Gasteiger partial charge is 0.411 e. The normalized spacial score (nSPS) is 15.8. The summed E-state index contributed by atoms with van der Waals surface area (Å²) in [4.78, 5) is 40.8. The summed E-state index contributed by atoms with van der Waals surface area (Å²) in [6.07, 6.45) is 0.821. The van der Waals surface area contributed by atoms with Gasteiger partial charge in [0.2, 0.25) is 5.91 Å². The molecule has 1 aliphatic rings. The zero-order chi connectivity index (χ0) is 26.5. The van der Waals surface area contributed by atoms with E-state index in [4.69, 9.17) is 9.47 Å². The third-order valence-corrected chi connectivity index (χ3v) is 5.91. The summed E-state index contributed by atoms with van der Waals surface area (Å²) in [6.45, 7) is 5.45. The predicted molar refractivity (Wildman–Crippen MR) is 129 cm³/mol. The Kier molecular flexibility index (Phi) is 8.66. The van der Waals surface area contributed by atoms with E-state index >= 15 is 0 Å². The van der Waals surface area contributed by atoms with E-state index in [0.29, 0.717) is 18.7 Å². The minimum absolute atomic E-state index is 0.0109. The molecule has 9 heteroatoms. The van der Waals surface area contributed by atoms with Gasteiger partial charge >= 0.3 is 12.1 Å². The number of piperidine rings is 1. The summed E-state index contributed by atoms with van der Waals surface area (Å²) in [5.74, 6) is -2.26. The molecular formula is C27H32F2N2O5. The van der Waals surface area contributed by atoms with Crippen molar-refractivity contribution in [2.45, 2.75) is 51.7 Å². The second kappa shape index (κ2) is 11.5. The number of ether oxygens (including phenoxy) is 2. The van der Waals surface area contributed by atoms with E-state index in [1.807, 2.05) is 6.07 Å². The molecule has 1 saturated heterocycles. The van der Waals surface area contributed by atoms with Crippen LogP contribution >= 0.6 is 0 Å². The maximum atomic E-state index is 14.3. The van der Waals surface area contributed by atoms with Gasteiger partial charge in [0.05, 0.1) is 19.2 Å². The molecule has 0 aromatic heterocycles. The Morgan fingerprint density at radius 3 is 2.53 bits per heavy atom. The Bertz CT molecular complexity index is 1120. The van der Waals surface area contributed by atoms with E-state index in [9.17, 15) is 23.2 Å². The molecule has 3 rings (SSSR count). The summed E-state index contributed by atoms with van der Waals surface area (Å²) in [5, 5.41) is 0. The van der Waals surface area contributed by atoms with Crippen LogP contribution in [-0.2, 0) is 20.8 Å². The van der Waals surface area contributed by atoms with Crippen LogP contribution in [0, 0.1) is 11.6 Å².